The standard InChI is InChI=1S/C13H22O/c14-13-10-4-1-5-11(13)7-3-9-12(13)8-2-6-10/h10-12,14H,1-9H2. The van der Waals surface area contributed by atoms with E-state index in [4.69, 9.17) is 0 Å². The third-order valence-corrected chi connectivity index (χ3v) is 5.28. The van der Waals surface area contributed by atoms with Gasteiger partial charge in [-0.15, -0.1) is 0 Å². The second-order valence-corrected chi connectivity index (χ2v) is 5.77. The molecule has 14 heavy (non-hydrogen) atoms. The molecule has 1 N–H and O–H groups in total. The zero-order valence-electron chi connectivity index (χ0n) is 9.04. The summed E-state index contributed by atoms with van der Waals surface area (Å²) in [6.07, 6.45) is 12.0. The van der Waals surface area contributed by atoms with E-state index >= 15 is 0 Å². The third-order valence-electron chi connectivity index (χ3n) is 5.28. The summed E-state index contributed by atoms with van der Waals surface area (Å²) in [6, 6.07) is 0. The monoisotopic (exact) mass is 194 g/mol. The fourth-order valence-electron chi connectivity index (χ4n) is 4.65. The van der Waals surface area contributed by atoms with Gasteiger partial charge in [-0.2, -0.15) is 0 Å². The highest BCUT2D eigenvalue weighted by Crippen LogP contribution is 2.55. The van der Waals surface area contributed by atoms with Crippen molar-refractivity contribution in [2.45, 2.75) is 63.4 Å². The summed E-state index contributed by atoms with van der Waals surface area (Å²) in [6.45, 7) is 0. The van der Waals surface area contributed by atoms with E-state index in [-0.39, 0.29) is 5.60 Å². The number of hydrogen-bond acceptors (Lipinski definition) is 1. The maximum absolute atomic E-state index is 11.0. The van der Waals surface area contributed by atoms with Gasteiger partial charge >= 0.3 is 0 Å². The van der Waals surface area contributed by atoms with Crippen LogP contribution in [0.1, 0.15) is 57.8 Å². The van der Waals surface area contributed by atoms with Crippen LogP contribution in [-0.2, 0) is 0 Å². The fraction of sp³-hybridized carbons (Fsp3) is 1.00. The molecule has 1 nitrogen and oxygen atoms in total. The minimum atomic E-state index is -0.214. The lowest BCUT2D eigenvalue weighted by atomic mass is 9.53. The Bertz CT molecular complexity index is 175. The van der Waals surface area contributed by atoms with Crippen LogP contribution >= 0.6 is 0 Å². The summed E-state index contributed by atoms with van der Waals surface area (Å²) in [5, 5.41) is 11.0. The molecule has 3 saturated carbocycles. The Balaban J connectivity index is 1.93. The maximum Gasteiger partial charge on any atom is 0.0731 e. The Morgan fingerprint density at radius 3 is 1.21 bits per heavy atom. The van der Waals surface area contributed by atoms with Crippen molar-refractivity contribution in [1.82, 2.24) is 0 Å². The van der Waals surface area contributed by atoms with Crippen LogP contribution in [0.25, 0.3) is 0 Å². The number of rotatable bonds is 0. The van der Waals surface area contributed by atoms with Crippen molar-refractivity contribution in [3.63, 3.8) is 0 Å². The van der Waals surface area contributed by atoms with Crippen molar-refractivity contribution in [2.24, 2.45) is 17.8 Å². The Hall–Kier alpha value is -0.0400. The molecule has 0 aromatic heterocycles. The first-order chi connectivity index (χ1) is 6.82. The van der Waals surface area contributed by atoms with E-state index < -0.39 is 0 Å². The van der Waals surface area contributed by atoms with Crippen LogP contribution in [0.4, 0.5) is 0 Å². The number of hydrogen-bond donors (Lipinski definition) is 1. The van der Waals surface area contributed by atoms with Gasteiger partial charge in [-0.1, -0.05) is 19.3 Å². The lowest BCUT2D eigenvalue weighted by Gasteiger charge is -2.56. The van der Waals surface area contributed by atoms with Gasteiger partial charge in [-0.3, -0.25) is 0 Å². The van der Waals surface area contributed by atoms with Gasteiger partial charge in [0.1, 0.15) is 0 Å². The second-order valence-electron chi connectivity index (χ2n) is 5.77. The molecule has 0 saturated heterocycles. The van der Waals surface area contributed by atoms with Gasteiger partial charge in [0.05, 0.1) is 5.60 Å². The lowest BCUT2D eigenvalue weighted by Crippen LogP contribution is -2.57. The van der Waals surface area contributed by atoms with Crippen molar-refractivity contribution < 1.29 is 5.11 Å². The van der Waals surface area contributed by atoms with Gasteiger partial charge in [0.2, 0.25) is 0 Å². The molecular weight excluding hydrogens is 172 g/mol. The molecule has 0 atom stereocenters. The van der Waals surface area contributed by atoms with Crippen molar-refractivity contribution in [3.8, 4) is 0 Å². The summed E-state index contributed by atoms with van der Waals surface area (Å²) in [4.78, 5) is 0. The molecule has 0 bridgehead atoms. The Labute approximate surface area is 86.9 Å². The predicted molar refractivity (Wildman–Crippen MR) is 57.0 cm³/mol. The molecule has 0 aromatic carbocycles. The van der Waals surface area contributed by atoms with Gasteiger partial charge in [0.15, 0.2) is 0 Å². The van der Waals surface area contributed by atoms with Gasteiger partial charge in [-0.25, -0.2) is 0 Å². The molecule has 0 aromatic rings. The average Bonchev–Trinajstić information content (AvgIpc) is 2.18. The van der Waals surface area contributed by atoms with Gasteiger partial charge in [0.25, 0.3) is 0 Å². The molecule has 80 valence electrons. The van der Waals surface area contributed by atoms with Crippen LogP contribution in [0.5, 0.6) is 0 Å². The third kappa shape index (κ3) is 1.11. The highest BCUT2D eigenvalue weighted by molar-refractivity contribution is 5.04. The molecule has 1 heteroatoms. The Morgan fingerprint density at radius 2 is 0.929 bits per heavy atom. The molecular formula is C13H22O. The first-order valence-corrected chi connectivity index (χ1v) is 6.54. The van der Waals surface area contributed by atoms with E-state index in [1.807, 2.05) is 0 Å². The largest absolute Gasteiger partial charge is 0.389 e. The van der Waals surface area contributed by atoms with E-state index in [0.29, 0.717) is 17.8 Å². The van der Waals surface area contributed by atoms with E-state index in [2.05, 4.69) is 0 Å². The molecule has 3 rings (SSSR count). The van der Waals surface area contributed by atoms with Crippen molar-refractivity contribution in [1.29, 1.82) is 0 Å². The topological polar surface area (TPSA) is 20.2 Å². The highest BCUT2D eigenvalue weighted by atomic mass is 16.3. The first-order valence-electron chi connectivity index (χ1n) is 6.54. The summed E-state index contributed by atoms with van der Waals surface area (Å²) in [5.74, 6) is 2.00. The van der Waals surface area contributed by atoms with Gasteiger partial charge in [0, 0.05) is 0 Å². The zero-order valence-corrected chi connectivity index (χ0v) is 9.04. The predicted octanol–water partition coefficient (Wildman–Crippen LogP) is 3.12. The van der Waals surface area contributed by atoms with Crippen molar-refractivity contribution in [2.75, 3.05) is 0 Å². The molecule has 0 heterocycles. The maximum atomic E-state index is 11.0. The minimum Gasteiger partial charge on any atom is -0.389 e. The smallest absolute Gasteiger partial charge is 0.0731 e. The van der Waals surface area contributed by atoms with E-state index in [1.165, 1.54) is 57.8 Å². The van der Waals surface area contributed by atoms with Crippen LogP contribution in [0, 0.1) is 17.8 Å². The van der Waals surface area contributed by atoms with Crippen LogP contribution in [-0.4, -0.2) is 10.7 Å². The molecule has 0 radical (unpaired) electrons. The van der Waals surface area contributed by atoms with Gasteiger partial charge in [-0.05, 0) is 56.3 Å². The normalized spacial score (nSPS) is 52.5. The summed E-state index contributed by atoms with van der Waals surface area (Å²) < 4.78 is 0. The molecule has 3 fully saturated rings. The van der Waals surface area contributed by atoms with Crippen LogP contribution in [0.2, 0.25) is 0 Å². The molecule has 0 unspecified atom stereocenters. The SMILES string of the molecule is OC12C3CCCC1CCCC2CCC3. The van der Waals surface area contributed by atoms with E-state index in [9.17, 15) is 5.11 Å². The van der Waals surface area contributed by atoms with E-state index in [0.717, 1.165) is 0 Å². The van der Waals surface area contributed by atoms with Crippen LogP contribution in [0.3, 0.4) is 0 Å². The van der Waals surface area contributed by atoms with Crippen LogP contribution in [0.15, 0.2) is 0 Å². The summed E-state index contributed by atoms with van der Waals surface area (Å²) in [5.41, 5.74) is -0.214. The molecule has 0 aliphatic heterocycles. The van der Waals surface area contributed by atoms with Gasteiger partial charge < -0.3 is 5.11 Å². The molecule has 3 aliphatic carbocycles. The molecule has 3 aliphatic rings. The molecule has 0 spiro atoms. The van der Waals surface area contributed by atoms with Crippen molar-refractivity contribution >= 4 is 0 Å². The van der Waals surface area contributed by atoms with E-state index in [1.54, 1.807) is 0 Å². The number of aliphatic hydroxyl groups is 1. The minimum absolute atomic E-state index is 0.214. The zero-order chi connectivity index (χ0) is 9.60. The Morgan fingerprint density at radius 1 is 0.643 bits per heavy atom. The highest BCUT2D eigenvalue weighted by Gasteiger charge is 2.53. The average molecular weight is 194 g/mol. The molecule has 0 amide bonds. The Kier molecular flexibility index (Phi) is 2.12. The fourth-order valence-corrected chi connectivity index (χ4v) is 4.65. The summed E-state index contributed by atoms with van der Waals surface area (Å²) in [7, 11) is 0. The first kappa shape index (κ1) is 9.21. The lowest BCUT2D eigenvalue weighted by molar-refractivity contribution is -0.174. The summed E-state index contributed by atoms with van der Waals surface area (Å²) >= 11 is 0. The van der Waals surface area contributed by atoms with Crippen LogP contribution < -0.4 is 0 Å². The van der Waals surface area contributed by atoms with Crippen molar-refractivity contribution in [3.05, 3.63) is 0 Å². The second kappa shape index (κ2) is 3.23. The quantitative estimate of drug-likeness (QED) is 0.628.